The zero-order valence-electron chi connectivity index (χ0n) is 10.0. The smallest absolute Gasteiger partial charge is 0.192 e. The molecular weight excluding hydrogens is 214 g/mol. The summed E-state index contributed by atoms with van der Waals surface area (Å²) in [5, 5.41) is 11.8. The topological polar surface area (TPSA) is 61.9 Å². The van der Waals surface area contributed by atoms with Crippen molar-refractivity contribution < 1.29 is 4.42 Å². The summed E-state index contributed by atoms with van der Waals surface area (Å²) in [6.45, 7) is 1.84. The Morgan fingerprint density at radius 2 is 2.35 bits per heavy atom. The lowest BCUT2D eigenvalue weighted by Gasteiger charge is -2.14. The van der Waals surface area contributed by atoms with Crippen LogP contribution in [0, 0.1) is 18.3 Å². The zero-order chi connectivity index (χ0) is 12.3. The van der Waals surface area contributed by atoms with E-state index in [1.165, 1.54) is 0 Å². The third-order valence-corrected chi connectivity index (χ3v) is 2.82. The monoisotopic (exact) mass is 229 g/mol. The van der Waals surface area contributed by atoms with Crippen LogP contribution < -0.4 is 5.32 Å². The van der Waals surface area contributed by atoms with Crippen LogP contribution >= 0.6 is 0 Å². The molecule has 88 valence electrons. The summed E-state index contributed by atoms with van der Waals surface area (Å²) in [4.78, 5) is 4.26. The molecule has 0 fully saturated rings. The number of nitrogens with zero attached hydrogens (tertiary/aromatic N) is 2. The average Bonchev–Trinajstić information content (AvgIpc) is 2.69. The van der Waals surface area contributed by atoms with Crippen LogP contribution in [0.5, 0.6) is 0 Å². The maximum absolute atomic E-state index is 8.63. The van der Waals surface area contributed by atoms with Gasteiger partial charge in [0.2, 0.25) is 0 Å². The Kier molecular flexibility index (Phi) is 3.40. The average molecular weight is 229 g/mol. The van der Waals surface area contributed by atoms with Gasteiger partial charge in [0.25, 0.3) is 0 Å². The van der Waals surface area contributed by atoms with Gasteiger partial charge in [0, 0.05) is 19.4 Å². The number of nitriles is 1. The number of benzene rings is 1. The maximum Gasteiger partial charge on any atom is 0.192 e. The Morgan fingerprint density at radius 3 is 3.06 bits per heavy atom. The minimum atomic E-state index is 0.185. The Labute approximate surface area is 100 Å². The summed E-state index contributed by atoms with van der Waals surface area (Å²) >= 11 is 0. The third kappa shape index (κ3) is 2.45. The largest absolute Gasteiger partial charge is 0.441 e. The van der Waals surface area contributed by atoms with E-state index in [4.69, 9.17) is 9.68 Å². The summed E-state index contributed by atoms with van der Waals surface area (Å²) < 4.78 is 5.50. The fourth-order valence-corrected chi connectivity index (χ4v) is 1.96. The Balaban J connectivity index is 2.30. The van der Waals surface area contributed by atoms with E-state index in [2.05, 4.69) is 16.4 Å². The molecule has 17 heavy (non-hydrogen) atoms. The summed E-state index contributed by atoms with van der Waals surface area (Å²) in [7, 11) is 1.90. The molecule has 4 heteroatoms. The van der Waals surface area contributed by atoms with Gasteiger partial charge in [-0.1, -0.05) is 6.07 Å². The highest BCUT2D eigenvalue weighted by molar-refractivity contribution is 5.73. The highest BCUT2D eigenvalue weighted by atomic mass is 16.3. The first kappa shape index (κ1) is 11.6. The summed E-state index contributed by atoms with van der Waals surface area (Å²) in [6, 6.07) is 8.33. The van der Waals surface area contributed by atoms with Crippen LogP contribution in [0.1, 0.15) is 30.3 Å². The van der Waals surface area contributed by atoms with Gasteiger partial charge in [-0.25, -0.2) is 4.98 Å². The SMILES string of the molecule is CNC(CCC#N)c1ccc2nc(C)oc2c1. The Bertz CT molecular complexity index is 553. The van der Waals surface area contributed by atoms with Gasteiger partial charge in [-0.05, 0) is 31.2 Å². The third-order valence-electron chi connectivity index (χ3n) is 2.82. The van der Waals surface area contributed by atoms with E-state index >= 15 is 0 Å². The normalized spacial score (nSPS) is 12.5. The molecular formula is C13H15N3O. The molecule has 0 radical (unpaired) electrons. The number of nitrogens with one attached hydrogen (secondary N) is 1. The minimum absolute atomic E-state index is 0.185. The van der Waals surface area contributed by atoms with E-state index in [-0.39, 0.29) is 6.04 Å². The first-order valence-corrected chi connectivity index (χ1v) is 5.66. The molecule has 1 aromatic heterocycles. The quantitative estimate of drug-likeness (QED) is 0.875. The van der Waals surface area contributed by atoms with Crippen LogP contribution in [0.3, 0.4) is 0 Å². The lowest BCUT2D eigenvalue weighted by atomic mass is 10.0. The second kappa shape index (κ2) is 4.98. The van der Waals surface area contributed by atoms with Crippen LogP contribution in [-0.4, -0.2) is 12.0 Å². The van der Waals surface area contributed by atoms with E-state index < -0.39 is 0 Å². The molecule has 4 nitrogen and oxygen atoms in total. The van der Waals surface area contributed by atoms with E-state index in [0.29, 0.717) is 12.3 Å². The lowest BCUT2D eigenvalue weighted by molar-refractivity contribution is 0.547. The number of oxazole rings is 1. The number of fused-ring (bicyclic) bond motifs is 1. The van der Waals surface area contributed by atoms with E-state index in [1.54, 1.807) is 0 Å². The number of hydrogen-bond donors (Lipinski definition) is 1. The van der Waals surface area contributed by atoms with Crippen molar-refractivity contribution >= 4 is 11.1 Å². The first-order valence-electron chi connectivity index (χ1n) is 5.66. The fourth-order valence-electron chi connectivity index (χ4n) is 1.96. The molecule has 1 heterocycles. The highest BCUT2D eigenvalue weighted by Gasteiger charge is 2.11. The predicted molar refractivity (Wildman–Crippen MR) is 65.4 cm³/mol. The molecule has 0 aliphatic carbocycles. The summed E-state index contributed by atoms with van der Waals surface area (Å²) in [6.07, 6.45) is 1.34. The van der Waals surface area contributed by atoms with Gasteiger partial charge >= 0.3 is 0 Å². The van der Waals surface area contributed by atoms with Crippen molar-refractivity contribution in [3.63, 3.8) is 0 Å². The Morgan fingerprint density at radius 1 is 1.53 bits per heavy atom. The maximum atomic E-state index is 8.63. The van der Waals surface area contributed by atoms with Crippen molar-refractivity contribution in [1.82, 2.24) is 10.3 Å². The van der Waals surface area contributed by atoms with Crippen molar-refractivity contribution in [1.29, 1.82) is 5.26 Å². The molecule has 1 aromatic carbocycles. The van der Waals surface area contributed by atoms with Gasteiger partial charge in [-0.2, -0.15) is 5.26 Å². The number of aryl methyl sites for hydroxylation is 1. The van der Waals surface area contributed by atoms with Crippen LogP contribution in [0.25, 0.3) is 11.1 Å². The molecule has 2 aromatic rings. The van der Waals surface area contributed by atoms with Crippen molar-refractivity contribution in [2.24, 2.45) is 0 Å². The van der Waals surface area contributed by atoms with Gasteiger partial charge < -0.3 is 9.73 Å². The van der Waals surface area contributed by atoms with Crippen molar-refractivity contribution in [3.8, 4) is 6.07 Å². The summed E-state index contributed by atoms with van der Waals surface area (Å²) in [5.41, 5.74) is 2.81. The highest BCUT2D eigenvalue weighted by Crippen LogP contribution is 2.23. The van der Waals surface area contributed by atoms with Crippen LogP contribution in [-0.2, 0) is 0 Å². The van der Waals surface area contributed by atoms with Crippen LogP contribution in [0.4, 0.5) is 0 Å². The van der Waals surface area contributed by atoms with E-state index in [0.717, 1.165) is 23.1 Å². The molecule has 1 unspecified atom stereocenters. The molecule has 2 rings (SSSR count). The van der Waals surface area contributed by atoms with Crippen molar-refractivity contribution in [3.05, 3.63) is 29.7 Å². The van der Waals surface area contributed by atoms with Gasteiger partial charge in [-0.3, -0.25) is 0 Å². The predicted octanol–water partition coefficient (Wildman–Crippen LogP) is 2.70. The standard InChI is InChI=1S/C13H15N3O/c1-9-16-12-6-5-10(8-13(12)17-9)11(15-2)4-3-7-14/h5-6,8,11,15H,3-4H2,1-2H3. The van der Waals surface area contributed by atoms with Crippen LogP contribution in [0.15, 0.2) is 22.6 Å². The molecule has 0 bridgehead atoms. The second-order valence-electron chi connectivity index (χ2n) is 4.00. The van der Waals surface area contributed by atoms with E-state index in [1.807, 2.05) is 32.2 Å². The fraction of sp³-hybridized carbons (Fsp3) is 0.385. The molecule has 1 N–H and O–H groups in total. The molecule has 1 atom stereocenters. The zero-order valence-corrected chi connectivity index (χ0v) is 10.0. The molecule has 0 saturated heterocycles. The first-order chi connectivity index (χ1) is 8.24. The van der Waals surface area contributed by atoms with Crippen molar-refractivity contribution in [2.75, 3.05) is 7.05 Å². The molecule has 0 amide bonds. The van der Waals surface area contributed by atoms with E-state index in [9.17, 15) is 0 Å². The van der Waals surface area contributed by atoms with Gasteiger partial charge in [0.15, 0.2) is 11.5 Å². The molecule has 0 saturated carbocycles. The number of hydrogen-bond acceptors (Lipinski definition) is 4. The molecule has 0 aliphatic heterocycles. The Hall–Kier alpha value is -1.86. The number of aromatic nitrogens is 1. The second-order valence-corrected chi connectivity index (χ2v) is 4.00. The molecule has 0 aliphatic rings. The number of rotatable bonds is 4. The lowest BCUT2D eigenvalue weighted by Crippen LogP contribution is -2.15. The minimum Gasteiger partial charge on any atom is -0.441 e. The van der Waals surface area contributed by atoms with Crippen LogP contribution in [0.2, 0.25) is 0 Å². The van der Waals surface area contributed by atoms with Crippen molar-refractivity contribution in [2.45, 2.75) is 25.8 Å². The van der Waals surface area contributed by atoms with Gasteiger partial charge in [0.05, 0.1) is 6.07 Å². The van der Waals surface area contributed by atoms with Gasteiger partial charge in [-0.15, -0.1) is 0 Å². The molecule has 0 spiro atoms. The summed E-state index contributed by atoms with van der Waals surface area (Å²) in [5.74, 6) is 0.676. The van der Waals surface area contributed by atoms with Gasteiger partial charge in [0.1, 0.15) is 5.52 Å².